The van der Waals surface area contributed by atoms with Gasteiger partial charge in [-0.2, -0.15) is 4.98 Å². The van der Waals surface area contributed by atoms with Crippen LogP contribution in [0.25, 0.3) is 11.4 Å². The van der Waals surface area contributed by atoms with Crippen molar-refractivity contribution in [2.24, 2.45) is 5.41 Å². The van der Waals surface area contributed by atoms with E-state index in [0.29, 0.717) is 18.3 Å². The Hall–Kier alpha value is -1.88. The lowest BCUT2D eigenvalue weighted by molar-refractivity contribution is -0.140. The summed E-state index contributed by atoms with van der Waals surface area (Å²) in [6.07, 6.45) is 1.76. The van der Waals surface area contributed by atoms with Crippen molar-refractivity contribution in [1.82, 2.24) is 15.0 Å². The standard InChI is InChI=1S/C18H22ClN3O2/c1-12-6-4-7-13(10-12)15-20-16(24-21-15)14-8-5-9-22(14)17(23)18(2,3)11-19/h4,6-7,10,14H,5,8-9,11H2,1-3H3. The average Bonchev–Trinajstić information content (AvgIpc) is 3.22. The van der Waals surface area contributed by atoms with Crippen LogP contribution in [0.1, 0.15) is 44.2 Å². The topological polar surface area (TPSA) is 59.2 Å². The second-order valence-corrected chi connectivity index (χ2v) is 7.27. The number of aryl methyl sites for hydroxylation is 1. The van der Waals surface area contributed by atoms with E-state index in [9.17, 15) is 4.79 Å². The van der Waals surface area contributed by atoms with E-state index in [-0.39, 0.29) is 17.8 Å². The van der Waals surface area contributed by atoms with E-state index >= 15 is 0 Å². The van der Waals surface area contributed by atoms with Crippen molar-refractivity contribution in [3.05, 3.63) is 35.7 Å². The molecule has 0 N–H and O–H groups in total. The summed E-state index contributed by atoms with van der Waals surface area (Å²) in [6.45, 7) is 6.45. The van der Waals surface area contributed by atoms with Crippen molar-refractivity contribution >= 4 is 17.5 Å². The minimum atomic E-state index is -0.594. The van der Waals surface area contributed by atoms with Crippen molar-refractivity contribution in [3.63, 3.8) is 0 Å². The van der Waals surface area contributed by atoms with Crippen LogP contribution in [0.4, 0.5) is 0 Å². The summed E-state index contributed by atoms with van der Waals surface area (Å²) in [5.41, 5.74) is 1.46. The number of likely N-dealkylation sites (tertiary alicyclic amines) is 1. The highest BCUT2D eigenvalue weighted by molar-refractivity contribution is 6.19. The Morgan fingerprint density at radius 3 is 2.96 bits per heavy atom. The fourth-order valence-corrected chi connectivity index (χ4v) is 3.10. The molecule has 0 radical (unpaired) electrons. The monoisotopic (exact) mass is 347 g/mol. The van der Waals surface area contributed by atoms with Crippen molar-refractivity contribution < 1.29 is 9.32 Å². The number of halogens is 1. The van der Waals surface area contributed by atoms with Gasteiger partial charge in [-0.05, 0) is 39.7 Å². The van der Waals surface area contributed by atoms with E-state index in [1.165, 1.54) is 0 Å². The first-order chi connectivity index (χ1) is 11.4. The minimum Gasteiger partial charge on any atom is -0.337 e. The molecular formula is C18H22ClN3O2. The largest absolute Gasteiger partial charge is 0.337 e. The van der Waals surface area contributed by atoms with Gasteiger partial charge in [0.15, 0.2) is 0 Å². The molecule has 6 heteroatoms. The maximum atomic E-state index is 12.8. The maximum absolute atomic E-state index is 12.8. The van der Waals surface area contributed by atoms with Crippen LogP contribution in [0.5, 0.6) is 0 Å². The number of nitrogens with zero attached hydrogens (tertiary/aromatic N) is 3. The lowest BCUT2D eigenvalue weighted by atomic mass is 9.94. The molecule has 1 unspecified atom stereocenters. The maximum Gasteiger partial charge on any atom is 0.249 e. The second-order valence-electron chi connectivity index (χ2n) is 7.00. The predicted octanol–water partition coefficient (Wildman–Crippen LogP) is 3.97. The van der Waals surface area contributed by atoms with Crippen LogP contribution in [0.2, 0.25) is 0 Å². The number of amides is 1. The Balaban J connectivity index is 1.85. The number of hydrogen-bond acceptors (Lipinski definition) is 4. The van der Waals surface area contributed by atoms with Crippen LogP contribution in [0.15, 0.2) is 28.8 Å². The molecule has 24 heavy (non-hydrogen) atoms. The Morgan fingerprint density at radius 1 is 1.46 bits per heavy atom. The third-order valence-electron chi connectivity index (χ3n) is 4.43. The number of aromatic nitrogens is 2. The summed E-state index contributed by atoms with van der Waals surface area (Å²) in [4.78, 5) is 19.1. The van der Waals surface area contributed by atoms with E-state index in [0.717, 1.165) is 24.0 Å². The van der Waals surface area contributed by atoms with E-state index in [4.69, 9.17) is 16.1 Å². The van der Waals surface area contributed by atoms with Crippen molar-refractivity contribution in [2.75, 3.05) is 12.4 Å². The highest BCUT2D eigenvalue weighted by Gasteiger charge is 2.40. The molecule has 1 amide bonds. The predicted molar refractivity (Wildman–Crippen MR) is 92.7 cm³/mol. The SMILES string of the molecule is Cc1cccc(-c2noc(C3CCCN3C(=O)C(C)(C)CCl)n2)c1. The summed E-state index contributed by atoms with van der Waals surface area (Å²) >= 11 is 5.96. The minimum absolute atomic E-state index is 0.0373. The lowest BCUT2D eigenvalue weighted by Crippen LogP contribution is -2.41. The van der Waals surface area contributed by atoms with Gasteiger partial charge >= 0.3 is 0 Å². The number of benzene rings is 1. The summed E-state index contributed by atoms with van der Waals surface area (Å²) < 4.78 is 5.48. The Morgan fingerprint density at radius 2 is 2.25 bits per heavy atom. The lowest BCUT2D eigenvalue weighted by Gasteiger charge is -2.30. The first kappa shape index (κ1) is 17.0. The molecule has 0 saturated carbocycles. The van der Waals surface area contributed by atoms with E-state index in [2.05, 4.69) is 10.1 Å². The summed E-state index contributed by atoms with van der Waals surface area (Å²) in [7, 11) is 0. The molecule has 5 nitrogen and oxygen atoms in total. The molecule has 0 bridgehead atoms. The molecule has 3 rings (SSSR count). The van der Waals surface area contributed by atoms with Crippen LogP contribution in [0, 0.1) is 12.3 Å². The molecule has 1 fully saturated rings. The molecule has 1 aliphatic heterocycles. The zero-order valence-corrected chi connectivity index (χ0v) is 15.0. The van der Waals surface area contributed by atoms with Gasteiger partial charge in [-0.1, -0.05) is 28.9 Å². The smallest absolute Gasteiger partial charge is 0.249 e. The third-order valence-corrected chi connectivity index (χ3v) is 5.10. The summed E-state index contributed by atoms with van der Waals surface area (Å²) in [5, 5.41) is 4.10. The van der Waals surface area contributed by atoms with Gasteiger partial charge in [-0.15, -0.1) is 11.6 Å². The number of carbonyl (C=O) groups excluding carboxylic acids is 1. The molecule has 0 spiro atoms. The highest BCUT2D eigenvalue weighted by atomic mass is 35.5. The van der Waals surface area contributed by atoms with Crippen LogP contribution in [0.3, 0.4) is 0 Å². The molecule has 1 aromatic heterocycles. The van der Waals surface area contributed by atoms with Crippen molar-refractivity contribution in [1.29, 1.82) is 0 Å². The van der Waals surface area contributed by atoms with Crippen molar-refractivity contribution in [3.8, 4) is 11.4 Å². The van der Waals surface area contributed by atoms with Crippen LogP contribution < -0.4 is 0 Å². The van der Waals surface area contributed by atoms with Crippen LogP contribution in [-0.2, 0) is 4.79 Å². The van der Waals surface area contributed by atoms with Crippen LogP contribution in [-0.4, -0.2) is 33.4 Å². The molecule has 1 aromatic carbocycles. The van der Waals surface area contributed by atoms with Gasteiger partial charge in [0, 0.05) is 18.0 Å². The average molecular weight is 348 g/mol. The fourth-order valence-electron chi connectivity index (χ4n) is 2.98. The van der Waals surface area contributed by atoms with Crippen molar-refractivity contribution in [2.45, 2.75) is 39.7 Å². The van der Waals surface area contributed by atoms with Gasteiger partial charge in [-0.3, -0.25) is 4.79 Å². The Bertz CT molecular complexity index is 741. The number of hydrogen-bond donors (Lipinski definition) is 0. The molecule has 2 heterocycles. The quantitative estimate of drug-likeness (QED) is 0.785. The number of alkyl halides is 1. The van der Waals surface area contributed by atoms with Gasteiger partial charge in [0.25, 0.3) is 0 Å². The Labute approximate surface area is 147 Å². The zero-order chi connectivity index (χ0) is 17.3. The molecule has 2 aromatic rings. The first-order valence-electron chi connectivity index (χ1n) is 8.20. The molecule has 0 aliphatic carbocycles. The van der Waals surface area contributed by atoms with Gasteiger partial charge < -0.3 is 9.42 Å². The molecular weight excluding hydrogens is 326 g/mol. The van der Waals surface area contributed by atoms with Gasteiger partial charge in [-0.25, -0.2) is 0 Å². The number of rotatable bonds is 4. The fraction of sp³-hybridized carbons (Fsp3) is 0.500. The highest BCUT2D eigenvalue weighted by Crippen LogP contribution is 2.35. The summed E-state index contributed by atoms with van der Waals surface area (Å²) in [6, 6.07) is 7.80. The van der Waals surface area contributed by atoms with Gasteiger partial charge in [0.05, 0.1) is 5.41 Å². The van der Waals surface area contributed by atoms with E-state index in [1.54, 1.807) is 0 Å². The van der Waals surface area contributed by atoms with Crippen LogP contribution >= 0.6 is 11.6 Å². The molecule has 1 saturated heterocycles. The third kappa shape index (κ3) is 3.18. The Kier molecular flexibility index (Phi) is 4.63. The molecule has 1 aliphatic rings. The first-order valence-corrected chi connectivity index (χ1v) is 8.73. The summed E-state index contributed by atoms with van der Waals surface area (Å²) in [5.74, 6) is 1.38. The molecule has 1 atom stereocenters. The normalized spacial score (nSPS) is 18.2. The zero-order valence-electron chi connectivity index (χ0n) is 14.3. The van der Waals surface area contributed by atoms with Gasteiger partial charge in [0.1, 0.15) is 6.04 Å². The van der Waals surface area contributed by atoms with E-state index in [1.807, 2.05) is 49.9 Å². The number of carbonyl (C=O) groups is 1. The van der Waals surface area contributed by atoms with Gasteiger partial charge in [0.2, 0.25) is 17.6 Å². The molecule has 128 valence electrons. The van der Waals surface area contributed by atoms with E-state index < -0.39 is 5.41 Å². The second kappa shape index (κ2) is 6.55.